The highest BCUT2D eigenvalue weighted by atomic mass is 16.5. The maximum Gasteiger partial charge on any atom is 0.150 e. The van der Waals surface area contributed by atoms with Gasteiger partial charge in [-0.25, -0.2) is 0 Å². The molecule has 0 spiro atoms. The summed E-state index contributed by atoms with van der Waals surface area (Å²) in [6.07, 6.45) is 1.44. The zero-order chi connectivity index (χ0) is 15.6. The number of benzene rings is 2. The first-order valence-corrected chi connectivity index (χ1v) is 8.06. The van der Waals surface area contributed by atoms with E-state index < -0.39 is 5.41 Å². The van der Waals surface area contributed by atoms with Crippen molar-refractivity contribution >= 4 is 5.78 Å². The third-order valence-corrected chi connectivity index (χ3v) is 4.54. The van der Waals surface area contributed by atoms with Crippen LogP contribution in [0, 0.1) is 0 Å². The number of fused-ring (bicyclic) bond motifs is 3. The van der Waals surface area contributed by atoms with E-state index in [2.05, 4.69) is 31.2 Å². The van der Waals surface area contributed by atoms with Crippen LogP contribution in [0.5, 0.6) is 0 Å². The number of hydrogen-bond acceptors (Lipinski definition) is 2. The van der Waals surface area contributed by atoms with Crippen molar-refractivity contribution in [1.82, 2.24) is 0 Å². The van der Waals surface area contributed by atoms with Crippen molar-refractivity contribution in [2.45, 2.75) is 32.1 Å². The standard InChI is InChI=1S/C20H22O2/c1-3-9-19(21)20(14-22-4-2)17-12-7-5-10-15(17)16-11-6-8-13-18(16)20/h5-8,10-13H,3-4,9,14H2,1-2H3. The fourth-order valence-corrected chi connectivity index (χ4v) is 3.56. The molecule has 0 amide bonds. The van der Waals surface area contributed by atoms with Crippen LogP contribution in [0.1, 0.15) is 37.8 Å². The van der Waals surface area contributed by atoms with E-state index in [1.807, 2.05) is 31.2 Å². The van der Waals surface area contributed by atoms with Crippen LogP contribution in [0.25, 0.3) is 11.1 Å². The van der Waals surface area contributed by atoms with E-state index in [1.54, 1.807) is 0 Å². The lowest BCUT2D eigenvalue weighted by Gasteiger charge is -2.30. The average molecular weight is 294 g/mol. The van der Waals surface area contributed by atoms with Crippen molar-refractivity contribution in [3.63, 3.8) is 0 Å². The molecule has 0 fully saturated rings. The molecule has 0 aromatic heterocycles. The quantitative estimate of drug-likeness (QED) is 0.791. The van der Waals surface area contributed by atoms with Crippen LogP contribution in [-0.2, 0) is 14.9 Å². The molecule has 1 aliphatic carbocycles. The molecule has 0 heterocycles. The maximum atomic E-state index is 13.1. The van der Waals surface area contributed by atoms with Gasteiger partial charge in [0, 0.05) is 13.0 Å². The zero-order valence-electron chi connectivity index (χ0n) is 13.3. The van der Waals surface area contributed by atoms with Gasteiger partial charge in [-0.2, -0.15) is 0 Å². The molecule has 2 heteroatoms. The molecule has 0 N–H and O–H groups in total. The fourth-order valence-electron chi connectivity index (χ4n) is 3.56. The summed E-state index contributed by atoms with van der Waals surface area (Å²) in [6, 6.07) is 16.5. The summed E-state index contributed by atoms with van der Waals surface area (Å²) in [5.74, 6) is 0.265. The van der Waals surface area contributed by atoms with E-state index in [0.29, 0.717) is 19.6 Å². The zero-order valence-corrected chi connectivity index (χ0v) is 13.3. The lowest BCUT2D eigenvalue weighted by atomic mass is 9.74. The van der Waals surface area contributed by atoms with Crippen molar-refractivity contribution in [1.29, 1.82) is 0 Å². The Kier molecular flexibility index (Phi) is 4.12. The smallest absolute Gasteiger partial charge is 0.150 e. The van der Waals surface area contributed by atoms with Crippen molar-refractivity contribution in [3.8, 4) is 11.1 Å². The predicted molar refractivity (Wildman–Crippen MR) is 89.1 cm³/mol. The maximum absolute atomic E-state index is 13.1. The van der Waals surface area contributed by atoms with Crippen molar-refractivity contribution in [3.05, 3.63) is 59.7 Å². The minimum atomic E-state index is -0.640. The Morgan fingerprint density at radius 2 is 1.50 bits per heavy atom. The molecule has 0 radical (unpaired) electrons. The van der Waals surface area contributed by atoms with Gasteiger partial charge in [-0.05, 0) is 35.6 Å². The molecule has 0 saturated heterocycles. The summed E-state index contributed by atoms with van der Waals surface area (Å²) >= 11 is 0. The van der Waals surface area contributed by atoms with Gasteiger partial charge in [0.2, 0.25) is 0 Å². The van der Waals surface area contributed by atoms with E-state index in [4.69, 9.17) is 4.74 Å². The first-order chi connectivity index (χ1) is 10.8. The topological polar surface area (TPSA) is 26.3 Å². The third-order valence-electron chi connectivity index (χ3n) is 4.54. The van der Waals surface area contributed by atoms with Crippen molar-refractivity contribution in [2.75, 3.05) is 13.2 Å². The van der Waals surface area contributed by atoms with Gasteiger partial charge in [-0.3, -0.25) is 4.79 Å². The largest absolute Gasteiger partial charge is 0.380 e. The highest BCUT2D eigenvalue weighted by Gasteiger charge is 2.48. The van der Waals surface area contributed by atoms with Crippen LogP contribution in [0.3, 0.4) is 0 Å². The molecule has 1 aliphatic rings. The Balaban J connectivity index is 2.25. The molecule has 0 saturated carbocycles. The SMILES string of the molecule is CCCC(=O)C1(COCC)c2ccccc2-c2ccccc21. The lowest BCUT2D eigenvalue weighted by Crippen LogP contribution is -2.40. The van der Waals surface area contributed by atoms with Crippen molar-refractivity contribution in [2.24, 2.45) is 0 Å². The van der Waals surface area contributed by atoms with Crippen LogP contribution in [0.2, 0.25) is 0 Å². The van der Waals surface area contributed by atoms with E-state index >= 15 is 0 Å². The van der Waals surface area contributed by atoms with Crippen molar-refractivity contribution < 1.29 is 9.53 Å². The average Bonchev–Trinajstić information content (AvgIpc) is 2.85. The molecule has 114 valence electrons. The molecule has 22 heavy (non-hydrogen) atoms. The molecular weight excluding hydrogens is 272 g/mol. The number of ketones is 1. The molecule has 0 atom stereocenters. The molecule has 0 unspecified atom stereocenters. The summed E-state index contributed by atoms with van der Waals surface area (Å²) < 4.78 is 5.78. The molecule has 0 bridgehead atoms. The minimum absolute atomic E-state index is 0.265. The number of Topliss-reactive ketones (excluding diaryl/α,β-unsaturated/α-hetero) is 1. The highest BCUT2D eigenvalue weighted by molar-refractivity contribution is 6.01. The van der Waals surface area contributed by atoms with Gasteiger partial charge in [0.1, 0.15) is 11.2 Å². The van der Waals surface area contributed by atoms with Crippen LogP contribution >= 0.6 is 0 Å². The summed E-state index contributed by atoms with van der Waals surface area (Å²) in [5, 5.41) is 0. The summed E-state index contributed by atoms with van der Waals surface area (Å²) in [6.45, 7) is 5.08. The Labute approximate surface area is 132 Å². The molecule has 2 aromatic rings. The Hall–Kier alpha value is -1.93. The first-order valence-electron chi connectivity index (χ1n) is 8.06. The molecule has 2 aromatic carbocycles. The second kappa shape index (κ2) is 6.05. The minimum Gasteiger partial charge on any atom is -0.380 e. The summed E-state index contributed by atoms with van der Waals surface area (Å²) in [5.41, 5.74) is 3.90. The van der Waals surface area contributed by atoms with Crippen LogP contribution in [0.15, 0.2) is 48.5 Å². The molecule has 2 nitrogen and oxygen atoms in total. The molecular formula is C20H22O2. The summed E-state index contributed by atoms with van der Waals surface area (Å²) in [7, 11) is 0. The number of carbonyl (C=O) groups is 1. The monoisotopic (exact) mass is 294 g/mol. The van der Waals surface area contributed by atoms with E-state index in [0.717, 1.165) is 17.5 Å². The Bertz CT molecular complexity index is 642. The predicted octanol–water partition coefficient (Wildman–Crippen LogP) is 4.36. The van der Waals surface area contributed by atoms with Gasteiger partial charge in [0.25, 0.3) is 0 Å². The van der Waals surface area contributed by atoms with Gasteiger partial charge in [-0.15, -0.1) is 0 Å². The first kappa shape index (κ1) is 15.0. The van der Waals surface area contributed by atoms with Gasteiger partial charge in [0.15, 0.2) is 0 Å². The van der Waals surface area contributed by atoms with Gasteiger partial charge >= 0.3 is 0 Å². The van der Waals surface area contributed by atoms with E-state index in [-0.39, 0.29) is 5.78 Å². The van der Waals surface area contributed by atoms with Gasteiger partial charge < -0.3 is 4.74 Å². The fraction of sp³-hybridized carbons (Fsp3) is 0.350. The second-order valence-electron chi connectivity index (χ2n) is 5.81. The number of rotatable bonds is 6. The number of hydrogen-bond donors (Lipinski definition) is 0. The van der Waals surface area contributed by atoms with E-state index in [1.165, 1.54) is 11.1 Å². The highest BCUT2D eigenvalue weighted by Crippen LogP contribution is 2.50. The van der Waals surface area contributed by atoms with Crippen LogP contribution in [-0.4, -0.2) is 19.0 Å². The summed E-state index contributed by atoms with van der Waals surface area (Å²) in [4.78, 5) is 13.1. The normalized spacial score (nSPS) is 14.5. The molecule has 0 aliphatic heterocycles. The van der Waals surface area contributed by atoms with Crippen LogP contribution < -0.4 is 0 Å². The third kappa shape index (κ3) is 2.10. The Morgan fingerprint density at radius 1 is 0.955 bits per heavy atom. The van der Waals surface area contributed by atoms with E-state index in [9.17, 15) is 4.79 Å². The number of carbonyl (C=O) groups excluding carboxylic acids is 1. The molecule has 3 rings (SSSR count). The second-order valence-corrected chi connectivity index (χ2v) is 5.81. The number of ether oxygens (including phenoxy) is 1. The van der Waals surface area contributed by atoms with Crippen LogP contribution in [0.4, 0.5) is 0 Å². The lowest BCUT2D eigenvalue weighted by molar-refractivity contribution is -0.125. The van der Waals surface area contributed by atoms with Gasteiger partial charge in [0.05, 0.1) is 6.61 Å². The van der Waals surface area contributed by atoms with Gasteiger partial charge in [-0.1, -0.05) is 55.5 Å². The Morgan fingerprint density at radius 3 is 2.00 bits per heavy atom.